The number of fused-ring (bicyclic) bond motifs is 5. The van der Waals surface area contributed by atoms with Gasteiger partial charge in [0.05, 0.1) is 17.1 Å². The summed E-state index contributed by atoms with van der Waals surface area (Å²) in [6, 6.07) is 113. The zero-order chi connectivity index (χ0) is 51.8. The average Bonchev–Trinajstić information content (AvgIpc) is 3.95. The maximum Gasteiger partial charge on any atom is 0.0503 e. The van der Waals surface area contributed by atoms with Crippen molar-refractivity contribution in [1.29, 1.82) is 0 Å². The lowest BCUT2D eigenvalue weighted by Gasteiger charge is -2.33. The SMILES string of the molecule is c1ccc(-c2ccc3cc(N(c4ccccc4)c4cc(N(c5ccccc5)c5ccc(-c6ccc7sc8ccccc8c7c6)cc5)cc(N(c5ccccc5)c5ccc6cc(-c7ccccc7)ccc6c5)c4)ccc3c2)cc1. The predicted molar refractivity (Wildman–Crippen MR) is 335 cm³/mol. The van der Waals surface area contributed by atoms with E-state index in [4.69, 9.17) is 0 Å². The monoisotopic (exact) mass is 1010 g/mol. The van der Waals surface area contributed by atoms with Gasteiger partial charge in [-0.2, -0.15) is 0 Å². The van der Waals surface area contributed by atoms with Gasteiger partial charge in [0.2, 0.25) is 0 Å². The summed E-state index contributed by atoms with van der Waals surface area (Å²) in [6.45, 7) is 0. The van der Waals surface area contributed by atoms with E-state index in [0.29, 0.717) is 0 Å². The number of para-hydroxylation sites is 3. The highest BCUT2D eigenvalue weighted by atomic mass is 32.1. The molecule has 0 saturated carbocycles. The number of hydrogen-bond donors (Lipinski definition) is 0. The Labute approximate surface area is 459 Å². The van der Waals surface area contributed by atoms with E-state index in [1.807, 2.05) is 11.3 Å². The molecule has 4 heteroatoms. The summed E-state index contributed by atoms with van der Waals surface area (Å²) in [4.78, 5) is 7.21. The molecule has 0 radical (unpaired) electrons. The summed E-state index contributed by atoms with van der Waals surface area (Å²) < 4.78 is 2.62. The second-order valence-electron chi connectivity index (χ2n) is 19.8. The maximum absolute atomic E-state index is 2.41. The highest BCUT2D eigenvalue weighted by Gasteiger charge is 2.23. The Kier molecular flexibility index (Phi) is 12.1. The summed E-state index contributed by atoms with van der Waals surface area (Å²) in [5.74, 6) is 0. The Morgan fingerprint density at radius 3 is 0.987 bits per heavy atom. The van der Waals surface area contributed by atoms with Gasteiger partial charge in [-0.3, -0.25) is 0 Å². The van der Waals surface area contributed by atoms with Crippen molar-refractivity contribution in [3.8, 4) is 33.4 Å². The zero-order valence-electron chi connectivity index (χ0n) is 42.7. The molecule has 0 amide bonds. The van der Waals surface area contributed by atoms with Crippen LogP contribution in [0.1, 0.15) is 0 Å². The van der Waals surface area contributed by atoms with E-state index in [1.54, 1.807) is 0 Å². The van der Waals surface area contributed by atoms with Crippen LogP contribution in [0.2, 0.25) is 0 Å². The van der Waals surface area contributed by atoms with Gasteiger partial charge in [0.15, 0.2) is 0 Å². The van der Waals surface area contributed by atoms with Crippen LogP contribution in [0.3, 0.4) is 0 Å². The topological polar surface area (TPSA) is 9.72 Å². The van der Waals surface area contributed by atoms with Crippen molar-refractivity contribution in [1.82, 2.24) is 0 Å². The first-order valence-corrected chi connectivity index (χ1v) is 27.4. The zero-order valence-corrected chi connectivity index (χ0v) is 43.5. The molecule has 0 N–H and O–H groups in total. The number of nitrogens with zero attached hydrogens (tertiary/aromatic N) is 3. The fourth-order valence-electron chi connectivity index (χ4n) is 11.1. The lowest BCUT2D eigenvalue weighted by molar-refractivity contribution is 1.22. The molecule has 14 rings (SSSR count). The molecular formula is C74H51N3S. The average molecular weight is 1010 g/mol. The van der Waals surface area contributed by atoms with Gasteiger partial charge in [0, 0.05) is 54.3 Å². The Morgan fingerprint density at radius 1 is 0.179 bits per heavy atom. The van der Waals surface area contributed by atoms with Crippen molar-refractivity contribution in [3.05, 3.63) is 309 Å². The van der Waals surface area contributed by atoms with E-state index in [1.165, 1.54) is 75.1 Å². The summed E-state index contributed by atoms with van der Waals surface area (Å²) in [5, 5.41) is 7.31. The molecule has 0 atom stereocenters. The van der Waals surface area contributed by atoms with Crippen LogP contribution >= 0.6 is 11.3 Å². The van der Waals surface area contributed by atoms with Crippen LogP contribution in [0.25, 0.3) is 75.1 Å². The molecule has 3 nitrogen and oxygen atoms in total. The third-order valence-corrected chi connectivity index (χ3v) is 16.1. The summed E-state index contributed by atoms with van der Waals surface area (Å²) in [6.07, 6.45) is 0. The van der Waals surface area contributed by atoms with Gasteiger partial charge in [0.1, 0.15) is 0 Å². The van der Waals surface area contributed by atoms with Gasteiger partial charge in [-0.05, 0) is 176 Å². The van der Waals surface area contributed by atoms with Crippen molar-refractivity contribution in [2.24, 2.45) is 0 Å². The molecule has 78 heavy (non-hydrogen) atoms. The number of benzene rings is 13. The van der Waals surface area contributed by atoms with E-state index in [2.05, 4.69) is 324 Å². The van der Waals surface area contributed by atoms with Gasteiger partial charge >= 0.3 is 0 Å². The number of hydrogen-bond acceptors (Lipinski definition) is 4. The van der Waals surface area contributed by atoms with Crippen molar-refractivity contribution in [2.45, 2.75) is 0 Å². The molecule has 0 unspecified atom stereocenters. The molecular weight excluding hydrogens is 963 g/mol. The molecule has 368 valence electrons. The molecule has 14 aromatic rings. The summed E-state index contributed by atoms with van der Waals surface area (Å²) in [5.41, 5.74) is 16.5. The highest BCUT2D eigenvalue weighted by Crippen LogP contribution is 2.47. The Morgan fingerprint density at radius 2 is 0.500 bits per heavy atom. The van der Waals surface area contributed by atoms with Crippen LogP contribution in [0, 0.1) is 0 Å². The van der Waals surface area contributed by atoms with Crippen LogP contribution in [-0.2, 0) is 0 Å². The Bertz CT molecular complexity index is 4240. The third kappa shape index (κ3) is 9.00. The molecule has 0 aliphatic heterocycles. The lowest BCUT2D eigenvalue weighted by atomic mass is 10.00. The Balaban J connectivity index is 0.961. The van der Waals surface area contributed by atoms with Crippen molar-refractivity contribution in [3.63, 3.8) is 0 Å². The van der Waals surface area contributed by atoms with Gasteiger partial charge in [-0.1, -0.05) is 188 Å². The first kappa shape index (κ1) is 46.5. The number of thiophene rings is 1. The number of rotatable bonds is 12. The second-order valence-corrected chi connectivity index (χ2v) is 20.9. The number of anilines is 9. The molecule has 0 spiro atoms. The minimum atomic E-state index is 1.01. The second kappa shape index (κ2) is 20.3. The summed E-state index contributed by atoms with van der Waals surface area (Å²) >= 11 is 1.85. The largest absolute Gasteiger partial charge is 0.310 e. The lowest BCUT2D eigenvalue weighted by Crippen LogP contribution is -2.16. The first-order valence-electron chi connectivity index (χ1n) is 26.5. The van der Waals surface area contributed by atoms with Crippen molar-refractivity contribution in [2.75, 3.05) is 14.7 Å². The van der Waals surface area contributed by atoms with Crippen molar-refractivity contribution >= 4 is 104 Å². The standard InChI is InChI=1S/C74H51N3S/c1-6-18-52(19-7-1)55-30-32-59-46-66(41-36-57(59)44-55)76(63-24-12-4-13-25-63)69-49-68(50-70(51-69)77(64-26-14-5-15-27-64)67-42-37-58-45-56(31-33-60(58)47-67)53-20-8-2-9-21-53)75(62-22-10-3-11-23-62)65-39-34-54(35-40-65)61-38-43-74-72(48-61)71-28-16-17-29-73(71)78-74/h1-51H. The van der Waals surface area contributed by atoms with Crippen LogP contribution in [0.15, 0.2) is 309 Å². The fraction of sp³-hybridized carbons (Fsp3) is 0. The predicted octanol–water partition coefficient (Wildman–Crippen LogP) is 21.8. The van der Waals surface area contributed by atoms with Gasteiger partial charge in [-0.25, -0.2) is 0 Å². The van der Waals surface area contributed by atoms with Crippen LogP contribution in [-0.4, -0.2) is 0 Å². The molecule has 1 heterocycles. The van der Waals surface area contributed by atoms with E-state index >= 15 is 0 Å². The van der Waals surface area contributed by atoms with Gasteiger partial charge in [0.25, 0.3) is 0 Å². The fourth-order valence-corrected chi connectivity index (χ4v) is 12.2. The molecule has 0 aliphatic rings. The van der Waals surface area contributed by atoms with E-state index in [9.17, 15) is 0 Å². The van der Waals surface area contributed by atoms with Crippen LogP contribution in [0.5, 0.6) is 0 Å². The minimum absolute atomic E-state index is 1.01. The molecule has 0 saturated heterocycles. The molecule has 0 bridgehead atoms. The van der Waals surface area contributed by atoms with E-state index in [0.717, 1.165) is 51.2 Å². The smallest absolute Gasteiger partial charge is 0.0503 e. The first-order chi connectivity index (χ1) is 38.6. The molecule has 0 aliphatic carbocycles. The van der Waals surface area contributed by atoms with Crippen molar-refractivity contribution < 1.29 is 0 Å². The minimum Gasteiger partial charge on any atom is -0.310 e. The van der Waals surface area contributed by atoms with Gasteiger partial charge < -0.3 is 14.7 Å². The van der Waals surface area contributed by atoms with Crippen LogP contribution in [0.4, 0.5) is 51.2 Å². The summed E-state index contributed by atoms with van der Waals surface area (Å²) in [7, 11) is 0. The highest BCUT2D eigenvalue weighted by molar-refractivity contribution is 7.25. The quantitative estimate of drug-likeness (QED) is 0.121. The van der Waals surface area contributed by atoms with Crippen LogP contribution < -0.4 is 14.7 Å². The molecule has 13 aromatic carbocycles. The third-order valence-electron chi connectivity index (χ3n) is 14.9. The molecule has 0 fully saturated rings. The van der Waals surface area contributed by atoms with E-state index < -0.39 is 0 Å². The van der Waals surface area contributed by atoms with E-state index in [-0.39, 0.29) is 0 Å². The Hall–Kier alpha value is -10.0. The normalized spacial score (nSPS) is 11.3. The van der Waals surface area contributed by atoms with Gasteiger partial charge in [-0.15, -0.1) is 11.3 Å². The maximum atomic E-state index is 2.41. The molecule has 1 aromatic heterocycles.